The first-order chi connectivity index (χ1) is 11.1. The second kappa shape index (κ2) is 8.58. The predicted octanol–water partition coefficient (Wildman–Crippen LogP) is 3.89. The van der Waals surface area contributed by atoms with E-state index in [9.17, 15) is 4.79 Å². The van der Waals surface area contributed by atoms with Crippen LogP contribution in [0.15, 0.2) is 53.0 Å². The first-order valence-electron chi connectivity index (χ1n) is 7.34. The number of hydrogen-bond acceptors (Lipinski definition) is 3. The van der Waals surface area contributed by atoms with Gasteiger partial charge in [-0.25, -0.2) is 0 Å². The van der Waals surface area contributed by atoms with Crippen molar-refractivity contribution in [2.24, 2.45) is 0 Å². The quantitative estimate of drug-likeness (QED) is 0.734. The van der Waals surface area contributed by atoms with Gasteiger partial charge in [0.05, 0.1) is 20.1 Å². The highest BCUT2D eigenvalue weighted by Crippen LogP contribution is 2.18. The molecule has 23 heavy (non-hydrogen) atoms. The molecule has 0 atom stereocenters. The molecule has 0 radical (unpaired) electrons. The number of hydrogen-bond donors (Lipinski definition) is 0. The van der Waals surface area contributed by atoms with Crippen LogP contribution >= 0.6 is 15.9 Å². The molecule has 1 amide bonds. The molecule has 0 aliphatic carbocycles. The summed E-state index contributed by atoms with van der Waals surface area (Å²) in [7, 11) is 3.42. The second-order valence-electron chi connectivity index (χ2n) is 5.16. The zero-order valence-electron chi connectivity index (χ0n) is 13.3. The van der Waals surface area contributed by atoms with Crippen LogP contribution in [0.4, 0.5) is 0 Å². The molecule has 0 saturated heterocycles. The molecule has 0 unspecified atom stereocenters. The third-order valence-corrected chi connectivity index (χ3v) is 3.85. The first kappa shape index (κ1) is 17.3. The standard InChI is InChI=1S/C18H20BrNO3/c1-20(13-14-5-3-7-16(11-14)22-2)18(21)9-10-23-17-8-4-6-15(19)12-17/h3-8,11-12H,9-10,13H2,1-2H3. The Hall–Kier alpha value is -2.01. The highest BCUT2D eigenvalue weighted by atomic mass is 79.9. The maximum Gasteiger partial charge on any atom is 0.226 e. The number of amides is 1. The van der Waals surface area contributed by atoms with Crippen molar-refractivity contribution < 1.29 is 14.3 Å². The molecule has 0 heterocycles. The van der Waals surface area contributed by atoms with Crippen LogP contribution in [0.1, 0.15) is 12.0 Å². The van der Waals surface area contributed by atoms with Crippen LogP contribution in [-0.2, 0) is 11.3 Å². The fraction of sp³-hybridized carbons (Fsp3) is 0.278. The Bertz CT molecular complexity index is 660. The molecule has 0 saturated carbocycles. The molecule has 2 aromatic rings. The Morgan fingerprint density at radius 3 is 2.61 bits per heavy atom. The van der Waals surface area contributed by atoms with Crippen LogP contribution in [0.2, 0.25) is 0 Å². The molecule has 0 spiro atoms. The van der Waals surface area contributed by atoms with E-state index in [1.54, 1.807) is 19.1 Å². The van der Waals surface area contributed by atoms with Crippen LogP contribution < -0.4 is 9.47 Å². The van der Waals surface area contributed by atoms with E-state index in [-0.39, 0.29) is 5.91 Å². The molecule has 0 fully saturated rings. The van der Waals surface area contributed by atoms with Gasteiger partial charge in [-0.2, -0.15) is 0 Å². The summed E-state index contributed by atoms with van der Waals surface area (Å²) < 4.78 is 11.7. The highest BCUT2D eigenvalue weighted by Gasteiger charge is 2.10. The maximum absolute atomic E-state index is 12.2. The normalized spacial score (nSPS) is 10.2. The fourth-order valence-corrected chi connectivity index (χ4v) is 2.51. The second-order valence-corrected chi connectivity index (χ2v) is 6.07. The molecule has 0 aliphatic rings. The zero-order valence-corrected chi connectivity index (χ0v) is 14.9. The number of benzene rings is 2. The Morgan fingerprint density at radius 2 is 1.87 bits per heavy atom. The van der Waals surface area contributed by atoms with Crippen molar-refractivity contribution in [2.45, 2.75) is 13.0 Å². The molecular formula is C18H20BrNO3. The average Bonchev–Trinajstić information content (AvgIpc) is 2.55. The van der Waals surface area contributed by atoms with Crippen LogP contribution in [-0.4, -0.2) is 31.6 Å². The smallest absolute Gasteiger partial charge is 0.226 e. The van der Waals surface area contributed by atoms with Crippen LogP contribution in [0, 0.1) is 0 Å². The van der Waals surface area contributed by atoms with Gasteiger partial charge in [-0.1, -0.05) is 34.1 Å². The minimum Gasteiger partial charge on any atom is -0.497 e. The van der Waals surface area contributed by atoms with E-state index in [0.717, 1.165) is 21.5 Å². The largest absolute Gasteiger partial charge is 0.497 e. The first-order valence-corrected chi connectivity index (χ1v) is 8.13. The van der Waals surface area contributed by atoms with E-state index in [1.807, 2.05) is 48.5 Å². The third-order valence-electron chi connectivity index (χ3n) is 3.36. The summed E-state index contributed by atoms with van der Waals surface area (Å²) in [4.78, 5) is 13.9. The average molecular weight is 378 g/mol. The molecule has 0 aromatic heterocycles. The maximum atomic E-state index is 12.2. The highest BCUT2D eigenvalue weighted by molar-refractivity contribution is 9.10. The van der Waals surface area contributed by atoms with Gasteiger partial charge >= 0.3 is 0 Å². The Kier molecular flexibility index (Phi) is 6.47. The Balaban J connectivity index is 1.80. The number of halogens is 1. The van der Waals surface area contributed by atoms with E-state index in [4.69, 9.17) is 9.47 Å². The van der Waals surface area contributed by atoms with Crippen molar-refractivity contribution in [1.82, 2.24) is 4.90 Å². The van der Waals surface area contributed by atoms with Crippen molar-refractivity contribution in [3.8, 4) is 11.5 Å². The summed E-state index contributed by atoms with van der Waals surface area (Å²) in [5.74, 6) is 1.59. The molecule has 5 heteroatoms. The minimum absolute atomic E-state index is 0.0443. The summed E-state index contributed by atoms with van der Waals surface area (Å²) in [5, 5.41) is 0. The van der Waals surface area contributed by atoms with Gasteiger partial charge in [0.2, 0.25) is 5.91 Å². The van der Waals surface area contributed by atoms with Gasteiger partial charge in [-0.05, 0) is 35.9 Å². The molecular weight excluding hydrogens is 358 g/mol. The summed E-state index contributed by atoms with van der Waals surface area (Å²) in [5.41, 5.74) is 1.04. The van der Waals surface area contributed by atoms with Crippen LogP contribution in [0.25, 0.3) is 0 Å². The van der Waals surface area contributed by atoms with Crippen molar-refractivity contribution in [3.05, 3.63) is 58.6 Å². The third kappa shape index (κ3) is 5.60. The summed E-state index contributed by atoms with van der Waals surface area (Å²) in [6.45, 7) is 0.907. The van der Waals surface area contributed by atoms with Gasteiger partial charge in [-0.3, -0.25) is 4.79 Å². The lowest BCUT2D eigenvalue weighted by molar-refractivity contribution is -0.130. The van der Waals surface area contributed by atoms with Crippen molar-refractivity contribution in [1.29, 1.82) is 0 Å². The van der Waals surface area contributed by atoms with E-state index in [2.05, 4.69) is 15.9 Å². The van der Waals surface area contributed by atoms with Crippen molar-refractivity contribution >= 4 is 21.8 Å². The zero-order chi connectivity index (χ0) is 16.7. The van der Waals surface area contributed by atoms with Gasteiger partial charge in [0, 0.05) is 18.1 Å². The number of ether oxygens (including phenoxy) is 2. The van der Waals surface area contributed by atoms with E-state index >= 15 is 0 Å². The van der Waals surface area contributed by atoms with Crippen LogP contribution in [0.5, 0.6) is 11.5 Å². The van der Waals surface area contributed by atoms with Gasteiger partial charge < -0.3 is 14.4 Å². The van der Waals surface area contributed by atoms with E-state index in [1.165, 1.54) is 0 Å². The van der Waals surface area contributed by atoms with E-state index in [0.29, 0.717) is 19.6 Å². The fourth-order valence-electron chi connectivity index (χ4n) is 2.14. The molecule has 122 valence electrons. The van der Waals surface area contributed by atoms with Gasteiger partial charge in [0.15, 0.2) is 0 Å². The Morgan fingerprint density at radius 1 is 1.13 bits per heavy atom. The molecule has 0 N–H and O–H groups in total. The lowest BCUT2D eigenvalue weighted by atomic mass is 10.2. The number of rotatable bonds is 7. The lowest BCUT2D eigenvalue weighted by Crippen LogP contribution is -2.27. The summed E-state index contributed by atoms with van der Waals surface area (Å²) in [6, 6.07) is 15.3. The molecule has 0 bridgehead atoms. The van der Waals surface area contributed by atoms with Gasteiger partial charge in [0.25, 0.3) is 0 Å². The number of carbonyl (C=O) groups excluding carboxylic acids is 1. The van der Waals surface area contributed by atoms with Crippen LogP contribution in [0.3, 0.4) is 0 Å². The molecule has 2 rings (SSSR count). The Labute approximate surface area is 145 Å². The number of carbonyl (C=O) groups is 1. The van der Waals surface area contributed by atoms with Gasteiger partial charge in [-0.15, -0.1) is 0 Å². The summed E-state index contributed by atoms with van der Waals surface area (Å²) >= 11 is 3.39. The monoisotopic (exact) mass is 377 g/mol. The van der Waals surface area contributed by atoms with Crippen molar-refractivity contribution in [2.75, 3.05) is 20.8 Å². The van der Waals surface area contributed by atoms with E-state index < -0.39 is 0 Å². The minimum atomic E-state index is 0.0443. The molecule has 4 nitrogen and oxygen atoms in total. The number of methoxy groups -OCH3 is 1. The number of nitrogens with zero attached hydrogens (tertiary/aromatic N) is 1. The summed E-state index contributed by atoms with van der Waals surface area (Å²) in [6.07, 6.45) is 0.340. The molecule has 2 aromatic carbocycles. The topological polar surface area (TPSA) is 38.8 Å². The molecule has 0 aliphatic heterocycles. The van der Waals surface area contributed by atoms with Gasteiger partial charge in [0.1, 0.15) is 11.5 Å². The predicted molar refractivity (Wildman–Crippen MR) is 93.7 cm³/mol. The van der Waals surface area contributed by atoms with Crippen molar-refractivity contribution in [3.63, 3.8) is 0 Å². The lowest BCUT2D eigenvalue weighted by Gasteiger charge is -2.18. The SMILES string of the molecule is COc1cccc(CN(C)C(=O)CCOc2cccc(Br)c2)c1.